The third kappa shape index (κ3) is 6.71. The van der Waals surface area contributed by atoms with Gasteiger partial charge in [0, 0.05) is 38.8 Å². The molecule has 0 radical (unpaired) electrons. The number of rotatable bonds is 7. The molecule has 1 aliphatic rings. The minimum atomic E-state index is -0.123. The number of nitrogens with zero attached hydrogens (tertiary/aromatic N) is 2. The van der Waals surface area contributed by atoms with Crippen molar-refractivity contribution in [3.05, 3.63) is 64.7 Å². The first-order valence-corrected chi connectivity index (χ1v) is 11.1. The first-order chi connectivity index (χ1) is 15.0. The van der Waals surface area contributed by atoms with Gasteiger partial charge < -0.3 is 20.5 Å². The lowest BCUT2D eigenvalue weighted by Gasteiger charge is -2.29. The van der Waals surface area contributed by atoms with Gasteiger partial charge in [0.05, 0.1) is 19.3 Å². The van der Waals surface area contributed by atoms with Crippen molar-refractivity contribution in [1.82, 2.24) is 15.5 Å². The van der Waals surface area contributed by atoms with E-state index in [9.17, 15) is 5.11 Å². The van der Waals surface area contributed by atoms with Gasteiger partial charge in [0.2, 0.25) is 0 Å². The van der Waals surface area contributed by atoms with Crippen molar-refractivity contribution in [1.29, 1.82) is 0 Å². The highest BCUT2D eigenvalue weighted by Crippen LogP contribution is 2.26. The van der Waals surface area contributed by atoms with Crippen LogP contribution >= 0.6 is 0 Å². The van der Waals surface area contributed by atoms with Crippen LogP contribution in [0.5, 0.6) is 5.75 Å². The Morgan fingerprint density at radius 3 is 2.48 bits per heavy atom. The molecule has 2 aromatic carbocycles. The zero-order chi connectivity index (χ0) is 22.2. The first kappa shape index (κ1) is 23.1. The van der Waals surface area contributed by atoms with E-state index in [-0.39, 0.29) is 12.1 Å². The van der Waals surface area contributed by atoms with E-state index in [2.05, 4.69) is 70.8 Å². The van der Waals surface area contributed by atoms with Gasteiger partial charge in [-0.3, -0.25) is 9.89 Å². The van der Waals surface area contributed by atoms with E-state index in [1.807, 2.05) is 6.07 Å². The number of likely N-dealkylation sites (tertiary alicyclic amines) is 1. The number of piperidine rings is 1. The zero-order valence-corrected chi connectivity index (χ0v) is 19.2. The minimum Gasteiger partial charge on any atom is -0.496 e. The lowest BCUT2D eigenvalue weighted by atomic mass is 10.0. The molecule has 1 heterocycles. The van der Waals surface area contributed by atoms with Gasteiger partial charge in [-0.05, 0) is 43.9 Å². The quantitative estimate of drug-likeness (QED) is 0.470. The van der Waals surface area contributed by atoms with E-state index in [1.54, 1.807) is 14.2 Å². The Morgan fingerprint density at radius 2 is 1.84 bits per heavy atom. The maximum absolute atomic E-state index is 9.66. The number of aryl methyl sites for hydroxylation is 1. The standard InChI is InChI=1S/C25H36N4O2/c1-18-5-10-24(31-4)23(15-18)19(2)28-25(26-3)27-16-20-6-8-21(9-7-20)17-29-13-11-22(30)12-14-29/h5-10,15,19,22,30H,11-14,16-17H2,1-4H3,(H2,26,27,28). The smallest absolute Gasteiger partial charge is 0.191 e. The van der Waals surface area contributed by atoms with Gasteiger partial charge in [-0.1, -0.05) is 42.0 Å². The minimum absolute atomic E-state index is 0.0616. The molecule has 0 bridgehead atoms. The van der Waals surface area contributed by atoms with Gasteiger partial charge >= 0.3 is 0 Å². The lowest BCUT2D eigenvalue weighted by Crippen LogP contribution is -2.38. The molecule has 0 amide bonds. The van der Waals surface area contributed by atoms with Crippen LogP contribution in [0.2, 0.25) is 0 Å². The van der Waals surface area contributed by atoms with Crippen LogP contribution in [0.4, 0.5) is 0 Å². The van der Waals surface area contributed by atoms with Gasteiger partial charge in [0.1, 0.15) is 5.75 Å². The molecule has 6 nitrogen and oxygen atoms in total. The number of methoxy groups -OCH3 is 1. The summed E-state index contributed by atoms with van der Waals surface area (Å²) < 4.78 is 5.52. The largest absolute Gasteiger partial charge is 0.496 e. The Labute approximate surface area is 186 Å². The molecule has 6 heteroatoms. The second-order valence-corrected chi connectivity index (χ2v) is 8.36. The van der Waals surface area contributed by atoms with Crippen molar-refractivity contribution in [3.8, 4) is 5.75 Å². The summed E-state index contributed by atoms with van der Waals surface area (Å²) in [6, 6.07) is 15.0. The lowest BCUT2D eigenvalue weighted by molar-refractivity contribution is 0.0792. The fourth-order valence-electron chi connectivity index (χ4n) is 3.95. The van der Waals surface area contributed by atoms with Gasteiger partial charge in [-0.25, -0.2) is 0 Å². The van der Waals surface area contributed by atoms with Crippen LogP contribution in [-0.2, 0) is 13.1 Å². The van der Waals surface area contributed by atoms with E-state index in [4.69, 9.17) is 4.74 Å². The molecule has 31 heavy (non-hydrogen) atoms. The average Bonchev–Trinajstić information content (AvgIpc) is 2.79. The average molecular weight is 425 g/mol. The predicted octanol–water partition coefficient (Wildman–Crippen LogP) is 3.39. The number of aliphatic hydroxyl groups excluding tert-OH is 1. The van der Waals surface area contributed by atoms with E-state index in [0.717, 1.165) is 49.7 Å². The van der Waals surface area contributed by atoms with Crippen LogP contribution in [-0.4, -0.2) is 49.3 Å². The third-order valence-corrected chi connectivity index (χ3v) is 5.87. The fourth-order valence-corrected chi connectivity index (χ4v) is 3.95. The number of aliphatic imine (C=N–C) groups is 1. The Balaban J connectivity index is 1.52. The van der Waals surface area contributed by atoms with Crippen LogP contribution in [0.15, 0.2) is 47.5 Å². The van der Waals surface area contributed by atoms with Gasteiger partial charge in [-0.15, -0.1) is 0 Å². The van der Waals surface area contributed by atoms with Crippen LogP contribution in [0, 0.1) is 6.92 Å². The number of guanidine groups is 1. The normalized spacial score (nSPS) is 16.7. The molecule has 0 saturated carbocycles. The van der Waals surface area contributed by atoms with E-state index in [1.165, 1.54) is 16.7 Å². The van der Waals surface area contributed by atoms with E-state index in [0.29, 0.717) is 6.54 Å². The summed E-state index contributed by atoms with van der Waals surface area (Å²) in [5, 5.41) is 16.5. The molecule has 0 aliphatic carbocycles. The summed E-state index contributed by atoms with van der Waals surface area (Å²) in [6.45, 7) is 7.78. The molecule has 2 aromatic rings. The first-order valence-electron chi connectivity index (χ1n) is 11.1. The zero-order valence-electron chi connectivity index (χ0n) is 19.2. The summed E-state index contributed by atoms with van der Waals surface area (Å²) in [5.41, 5.74) is 4.83. The van der Waals surface area contributed by atoms with Gasteiger partial charge in [0.15, 0.2) is 5.96 Å². The van der Waals surface area contributed by atoms with Crippen LogP contribution in [0.25, 0.3) is 0 Å². The maximum Gasteiger partial charge on any atom is 0.191 e. The van der Waals surface area contributed by atoms with Crippen molar-refractivity contribution >= 4 is 5.96 Å². The number of hydrogen-bond donors (Lipinski definition) is 3. The molecule has 168 valence electrons. The molecule has 1 aliphatic heterocycles. The number of nitrogens with one attached hydrogen (secondary N) is 2. The summed E-state index contributed by atoms with van der Waals surface area (Å²) in [7, 11) is 3.49. The monoisotopic (exact) mass is 424 g/mol. The van der Waals surface area contributed by atoms with Crippen molar-refractivity contribution in [2.75, 3.05) is 27.2 Å². The molecule has 3 rings (SSSR count). The SMILES string of the molecule is CN=C(NCc1ccc(CN2CCC(O)CC2)cc1)NC(C)c1cc(C)ccc1OC. The molecular formula is C25H36N4O2. The highest BCUT2D eigenvalue weighted by Gasteiger charge is 2.17. The number of aliphatic hydroxyl groups is 1. The Hall–Kier alpha value is -2.57. The highest BCUT2D eigenvalue weighted by atomic mass is 16.5. The maximum atomic E-state index is 9.66. The molecule has 0 spiro atoms. The summed E-state index contributed by atoms with van der Waals surface area (Å²) >= 11 is 0. The summed E-state index contributed by atoms with van der Waals surface area (Å²) in [6.07, 6.45) is 1.63. The fraction of sp³-hybridized carbons (Fsp3) is 0.480. The number of hydrogen-bond acceptors (Lipinski definition) is 4. The third-order valence-electron chi connectivity index (χ3n) is 5.87. The highest BCUT2D eigenvalue weighted by molar-refractivity contribution is 5.80. The van der Waals surface area contributed by atoms with Crippen LogP contribution in [0.3, 0.4) is 0 Å². The van der Waals surface area contributed by atoms with Crippen molar-refractivity contribution in [2.45, 2.75) is 51.9 Å². The van der Waals surface area contributed by atoms with Crippen molar-refractivity contribution in [2.24, 2.45) is 4.99 Å². The van der Waals surface area contributed by atoms with Gasteiger partial charge in [-0.2, -0.15) is 0 Å². The molecule has 1 unspecified atom stereocenters. The topological polar surface area (TPSA) is 69.1 Å². The van der Waals surface area contributed by atoms with Crippen LogP contribution in [0.1, 0.15) is 48.1 Å². The van der Waals surface area contributed by atoms with Crippen molar-refractivity contribution in [3.63, 3.8) is 0 Å². The number of ether oxygens (including phenoxy) is 1. The van der Waals surface area contributed by atoms with E-state index < -0.39 is 0 Å². The molecule has 1 saturated heterocycles. The Bertz CT molecular complexity index is 858. The summed E-state index contributed by atoms with van der Waals surface area (Å²) in [5.74, 6) is 1.63. The van der Waals surface area contributed by atoms with Crippen LogP contribution < -0.4 is 15.4 Å². The molecule has 1 atom stereocenters. The molecule has 1 fully saturated rings. The predicted molar refractivity (Wildman–Crippen MR) is 126 cm³/mol. The Morgan fingerprint density at radius 1 is 1.16 bits per heavy atom. The number of benzene rings is 2. The second kappa shape index (κ2) is 11.2. The molecule has 3 N–H and O–H groups in total. The molecular weight excluding hydrogens is 388 g/mol. The Kier molecular flexibility index (Phi) is 8.32. The molecule has 0 aromatic heterocycles. The second-order valence-electron chi connectivity index (χ2n) is 8.36. The van der Waals surface area contributed by atoms with Crippen molar-refractivity contribution < 1.29 is 9.84 Å². The van der Waals surface area contributed by atoms with E-state index >= 15 is 0 Å². The summed E-state index contributed by atoms with van der Waals surface area (Å²) in [4.78, 5) is 6.78. The van der Waals surface area contributed by atoms with Gasteiger partial charge in [0.25, 0.3) is 0 Å².